The van der Waals surface area contributed by atoms with Gasteiger partial charge in [-0.15, -0.1) is 10.2 Å². The molecule has 4 N–H and O–H groups in total. The van der Waals surface area contributed by atoms with Gasteiger partial charge in [-0.05, 0) is 42.5 Å². The van der Waals surface area contributed by atoms with Gasteiger partial charge in [-0.3, -0.25) is 14.2 Å². The number of amides is 3. The summed E-state index contributed by atoms with van der Waals surface area (Å²) in [6.45, 7) is 0. The fraction of sp³-hybridized carbons (Fsp3) is 0.0800. The van der Waals surface area contributed by atoms with Gasteiger partial charge in [-0.25, -0.2) is 9.18 Å². The highest BCUT2D eigenvalue weighted by Gasteiger charge is 2.17. The van der Waals surface area contributed by atoms with Gasteiger partial charge in [0.25, 0.3) is 5.91 Å². The van der Waals surface area contributed by atoms with E-state index in [-0.39, 0.29) is 11.3 Å². The zero-order valence-corrected chi connectivity index (χ0v) is 19.7. The monoisotopic (exact) mass is 501 g/mol. The van der Waals surface area contributed by atoms with Crippen molar-refractivity contribution in [2.24, 2.45) is 5.73 Å². The Morgan fingerprint density at radius 3 is 2.32 bits per heavy atom. The van der Waals surface area contributed by atoms with Gasteiger partial charge in [-0.2, -0.15) is 0 Å². The molecule has 0 aliphatic heterocycles. The number of primary amides is 1. The number of urea groups is 1. The molecule has 12 heteroatoms. The van der Waals surface area contributed by atoms with Crippen LogP contribution in [0.3, 0.4) is 0 Å². The van der Waals surface area contributed by atoms with Crippen LogP contribution in [0.4, 0.5) is 20.6 Å². The lowest BCUT2D eigenvalue weighted by Gasteiger charge is -2.11. The highest BCUT2D eigenvalue weighted by Crippen LogP contribution is 2.29. The van der Waals surface area contributed by atoms with Crippen LogP contribution in [-0.2, 0) is 0 Å². The molecule has 0 aliphatic carbocycles. The number of hydrogen-bond donors (Lipinski definition) is 3. The summed E-state index contributed by atoms with van der Waals surface area (Å²) in [4.78, 5) is 28.7. The third-order valence-electron chi connectivity index (χ3n) is 5.62. The molecule has 2 heterocycles. The second-order valence-corrected chi connectivity index (χ2v) is 7.89. The number of aromatic nitrogens is 4. The van der Waals surface area contributed by atoms with Gasteiger partial charge in [0.1, 0.15) is 5.75 Å². The minimum absolute atomic E-state index is 0.0202. The van der Waals surface area contributed by atoms with Crippen LogP contribution in [-0.4, -0.2) is 45.7 Å². The number of benzene rings is 3. The van der Waals surface area contributed by atoms with E-state index in [0.29, 0.717) is 45.2 Å². The second-order valence-electron chi connectivity index (χ2n) is 7.89. The van der Waals surface area contributed by atoms with Crippen LogP contribution in [0.25, 0.3) is 28.1 Å². The fourth-order valence-electron chi connectivity index (χ4n) is 3.87. The highest BCUT2D eigenvalue weighted by molar-refractivity contribution is 6.01. The molecule has 5 rings (SSSR count). The number of hydrogen-bond acceptors (Lipinski definition) is 7. The Balaban J connectivity index is 1.43. The molecule has 5 aromatic rings. The molecular weight excluding hydrogens is 481 g/mol. The molecule has 3 amide bonds. The van der Waals surface area contributed by atoms with Gasteiger partial charge >= 0.3 is 6.03 Å². The molecule has 0 bridgehead atoms. The Kier molecular flexibility index (Phi) is 5.97. The van der Waals surface area contributed by atoms with E-state index < -0.39 is 17.8 Å². The van der Waals surface area contributed by atoms with Crippen molar-refractivity contribution in [3.05, 3.63) is 72.2 Å². The molecule has 0 radical (unpaired) electrons. The molecule has 3 aromatic carbocycles. The summed E-state index contributed by atoms with van der Waals surface area (Å²) in [5, 5.41) is 13.8. The quantitative estimate of drug-likeness (QED) is 0.320. The summed E-state index contributed by atoms with van der Waals surface area (Å²) < 4.78 is 25.5. The number of carbonyl (C=O) groups is 2. The molecule has 37 heavy (non-hydrogen) atoms. The minimum atomic E-state index is -0.641. The number of nitrogens with zero attached hydrogens (tertiary/aromatic N) is 4. The lowest BCUT2D eigenvalue weighted by atomic mass is 10.1. The molecular formula is C25H20FN7O4. The Hall–Kier alpha value is -5.26. The van der Waals surface area contributed by atoms with Crippen LogP contribution in [0.2, 0.25) is 0 Å². The third kappa shape index (κ3) is 4.43. The molecule has 0 aliphatic rings. The maximum absolute atomic E-state index is 13.6. The predicted octanol–water partition coefficient (Wildman–Crippen LogP) is 3.84. The van der Waals surface area contributed by atoms with E-state index in [2.05, 4.69) is 25.8 Å². The van der Waals surface area contributed by atoms with Crippen molar-refractivity contribution in [2.45, 2.75) is 0 Å². The van der Waals surface area contributed by atoms with Gasteiger partial charge in [0.05, 0.1) is 37.0 Å². The number of nitrogens with one attached hydrogen (secondary N) is 2. The zero-order chi connectivity index (χ0) is 26.1. The summed E-state index contributed by atoms with van der Waals surface area (Å²) in [6, 6.07) is 13.6. The van der Waals surface area contributed by atoms with Gasteiger partial charge in [0.15, 0.2) is 23.0 Å². The molecule has 0 fully saturated rings. The number of anilines is 2. The summed E-state index contributed by atoms with van der Waals surface area (Å²) in [5.41, 5.74) is 8.92. The Bertz CT molecular complexity index is 1670. The van der Waals surface area contributed by atoms with Gasteiger partial charge in [0, 0.05) is 29.1 Å². The van der Waals surface area contributed by atoms with E-state index in [9.17, 15) is 14.0 Å². The fourth-order valence-corrected chi connectivity index (χ4v) is 3.87. The highest BCUT2D eigenvalue weighted by atomic mass is 19.1. The molecule has 186 valence electrons. The van der Waals surface area contributed by atoms with E-state index in [1.165, 1.54) is 32.4 Å². The van der Waals surface area contributed by atoms with E-state index in [0.717, 1.165) is 0 Å². The summed E-state index contributed by atoms with van der Waals surface area (Å²) in [5.74, 6) is -0.338. The van der Waals surface area contributed by atoms with Crippen LogP contribution >= 0.6 is 0 Å². The average molecular weight is 501 g/mol. The second kappa shape index (κ2) is 9.41. The molecule has 0 atom stereocenters. The first-order valence-corrected chi connectivity index (χ1v) is 10.9. The SMILES string of the molecule is COc1cc(NC(=O)Nc2ccc(-c3nnc4cnc5cc(OC)c(C(N)=O)cc5n34)cc2)ccc1F. The third-order valence-corrected chi connectivity index (χ3v) is 5.62. The number of methoxy groups -OCH3 is 2. The van der Waals surface area contributed by atoms with E-state index >= 15 is 0 Å². The molecule has 0 saturated carbocycles. The first kappa shape index (κ1) is 23.5. The standard InChI is InChI=1S/C25H20FN7O4/c1-36-20-11-18-19(10-16(20)23(27)34)33-22(12-28-18)31-32-24(33)13-3-5-14(6-4-13)29-25(35)30-15-7-8-17(26)21(9-15)37-2/h3-12H,1-2H3,(H2,27,34)(H2,29,30,35). The topological polar surface area (TPSA) is 146 Å². The van der Waals surface area contributed by atoms with Crippen molar-refractivity contribution in [1.82, 2.24) is 19.6 Å². The van der Waals surface area contributed by atoms with Crippen LogP contribution in [0.5, 0.6) is 11.5 Å². The van der Waals surface area contributed by atoms with E-state index in [1.807, 2.05) is 0 Å². The predicted molar refractivity (Wildman–Crippen MR) is 134 cm³/mol. The molecule has 0 spiro atoms. The summed E-state index contributed by atoms with van der Waals surface area (Å²) in [6.07, 6.45) is 1.56. The molecule has 2 aromatic heterocycles. The number of halogens is 1. The molecule has 11 nitrogen and oxygen atoms in total. The Morgan fingerprint density at radius 1 is 0.919 bits per heavy atom. The number of rotatable bonds is 6. The lowest BCUT2D eigenvalue weighted by molar-refractivity contribution is 0.0997. The summed E-state index contributed by atoms with van der Waals surface area (Å²) in [7, 11) is 2.79. The minimum Gasteiger partial charge on any atom is -0.496 e. The van der Waals surface area contributed by atoms with Crippen LogP contribution in [0.1, 0.15) is 10.4 Å². The first-order chi connectivity index (χ1) is 17.9. The maximum Gasteiger partial charge on any atom is 0.323 e. The number of nitrogens with two attached hydrogens (primary N) is 1. The maximum atomic E-state index is 13.6. The van der Waals surface area contributed by atoms with E-state index in [4.69, 9.17) is 15.2 Å². The lowest BCUT2D eigenvalue weighted by Crippen LogP contribution is -2.19. The average Bonchev–Trinajstić information content (AvgIpc) is 3.34. The number of carbonyl (C=O) groups excluding carboxylic acids is 2. The Labute approximate surface area is 209 Å². The smallest absolute Gasteiger partial charge is 0.323 e. The van der Waals surface area contributed by atoms with Crippen molar-refractivity contribution in [2.75, 3.05) is 24.9 Å². The van der Waals surface area contributed by atoms with Gasteiger partial charge < -0.3 is 25.8 Å². The van der Waals surface area contributed by atoms with E-state index in [1.54, 1.807) is 47.0 Å². The number of ether oxygens (including phenoxy) is 2. The van der Waals surface area contributed by atoms with Crippen molar-refractivity contribution < 1.29 is 23.5 Å². The van der Waals surface area contributed by atoms with Crippen molar-refractivity contribution in [3.63, 3.8) is 0 Å². The van der Waals surface area contributed by atoms with Crippen molar-refractivity contribution in [1.29, 1.82) is 0 Å². The molecule has 0 unspecified atom stereocenters. The Morgan fingerprint density at radius 2 is 1.62 bits per heavy atom. The number of fused-ring (bicyclic) bond motifs is 3. The van der Waals surface area contributed by atoms with Crippen LogP contribution in [0, 0.1) is 5.82 Å². The van der Waals surface area contributed by atoms with Crippen molar-refractivity contribution in [3.8, 4) is 22.9 Å². The van der Waals surface area contributed by atoms with Crippen LogP contribution in [0.15, 0.2) is 60.8 Å². The van der Waals surface area contributed by atoms with Crippen molar-refractivity contribution >= 4 is 40.0 Å². The largest absolute Gasteiger partial charge is 0.496 e. The first-order valence-electron chi connectivity index (χ1n) is 10.9. The zero-order valence-electron chi connectivity index (χ0n) is 19.7. The normalized spacial score (nSPS) is 10.9. The molecule has 0 saturated heterocycles. The van der Waals surface area contributed by atoms with Gasteiger partial charge in [-0.1, -0.05) is 0 Å². The van der Waals surface area contributed by atoms with Gasteiger partial charge in [0.2, 0.25) is 0 Å². The van der Waals surface area contributed by atoms with Crippen LogP contribution < -0.4 is 25.8 Å². The summed E-state index contributed by atoms with van der Waals surface area (Å²) >= 11 is 0.